The summed E-state index contributed by atoms with van der Waals surface area (Å²) < 4.78 is 124. The van der Waals surface area contributed by atoms with Gasteiger partial charge >= 0.3 is 23.9 Å². The summed E-state index contributed by atoms with van der Waals surface area (Å²) in [7, 11) is 0. The molecule has 3 atom stereocenters. The summed E-state index contributed by atoms with van der Waals surface area (Å²) in [6.07, 6.45) is -11.1. The maximum Gasteiger partial charge on any atom is 0.460 e. The summed E-state index contributed by atoms with van der Waals surface area (Å²) in [5.41, 5.74) is -1.10. The molecule has 1 rings (SSSR count). The molecule has 138 valence electrons. The molecular weight excluding hydrogens is 347 g/mol. The molecule has 0 spiro atoms. The van der Waals surface area contributed by atoms with E-state index >= 15 is 0 Å². The van der Waals surface area contributed by atoms with E-state index in [1.54, 1.807) is 0 Å². The zero-order chi connectivity index (χ0) is 18.5. The highest BCUT2D eigenvalue weighted by molar-refractivity contribution is 5.01. The minimum atomic E-state index is -6.88. The summed E-state index contributed by atoms with van der Waals surface area (Å²) in [5, 5.41) is 0. The number of alkyl halides is 9. The molecule has 3 unspecified atom stereocenters. The number of ether oxygens (including phenoxy) is 2. The fourth-order valence-corrected chi connectivity index (χ4v) is 2.01. The molecule has 0 amide bonds. The zero-order valence-electron chi connectivity index (χ0n) is 12.3. The molecule has 23 heavy (non-hydrogen) atoms. The first kappa shape index (κ1) is 20.3. The minimum Gasteiger partial charge on any atom is -0.372 e. The third-order valence-electron chi connectivity index (χ3n) is 3.70. The van der Waals surface area contributed by atoms with Crippen molar-refractivity contribution in [3.63, 3.8) is 0 Å². The average Bonchev–Trinajstić information content (AvgIpc) is 2.34. The molecule has 0 N–H and O–H groups in total. The highest BCUT2D eigenvalue weighted by atomic mass is 19.4. The van der Waals surface area contributed by atoms with Crippen molar-refractivity contribution in [3.05, 3.63) is 0 Å². The number of rotatable bonds is 6. The fraction of sp³-hybridized carbons (Fsp3) is 1.00. The highest BCUT2D eigenvalue weighted by Gasteiger charge is 2.81. The van der Waals surface area contributed by atoms with Gasteiger partial charge < -0.3 is 9.47 Å². The van der Waals surface area contributed by atoms with E-state index in [2.05, 4.69) is 0 Å². The molecule has 0 aromatic carbocycles. The minimum absolute atomic E-state index is 0.0425. The molecule has 0 bridgehead atoms. The molecule has 1 aliphatic heterocycles. The van der Waals surface area contributed by atoms with Crippen molar-refractivity contribution in [2.24, 2.45) is 0 Å². The molecule has 1 saturated heterocycles. The molecule has 0 saturated carbocycles. The van der Waals surface area contributed by atoms with Gasteiger partial charge in [-0.05, 0) is 20.8 Å². The summed E-state index contributed by atoms with van der Waals surface area (Å²) >= 11 is 0. The quantitative estimate of drug-likeness (QED) is 0.651. The Morgan fingerprint density at radius 1 is 1.04 bits per heavy atom. The molecule has 2 nitrogen and oxygen atoms in total. The Morgan fingerprint density at radius 3 is 1.83 bits per heavy atom. The molecule has 1 aliphatic rings. The second kappa shape index (κ2) is 5.68. The van der Waals surface area contributed by atoms with Gasteiger partial charge in [0.05, 0.1) is 18.8 Å². The monoisotopic (exact) mass is 362 g/mol. The van der Waals surface area contributed by atoms with Crippen LogP contribution in [0.15, 0.2) is 0 Å². The van der Waals surface area contributed by atoms with Crippen molar-refractivity contribution in [1.29, 1.82) is 0 Å². The lowest BCUT2D eigenvalue weighted by molar-refractivity contribution is -0.399. The molecule has 1 heterocycles. The third kappa shape index (κ3) is 3.40. The van der Waals surface area contributed by atoms with Crippen molar-refractivity contribution in [2.45, 2.75) is 68.9 Å². The fourth-order valence-electron chi connectivity index (χ4n) is 2.01. The van der Waals surface area contributed by atoms with E-state index in [0.717, 1.165) is 6.92 Å². The van der Waals surface area contributed by atoms with E-state index in [0.29, 0.717) is 0 Å². The van der Waals surface area contributed by atoms with Crippen molar-refractivity contribution >= 4 is 0 Å². The molecule has 1 fully saturated rings. The first-order valence-electron chi connectivity index (χ1n) is 6.47. The summed E-state index contributed by atoms with van der Waals surface area (Å²) in [6.45, 7) is 3.75. The smallest absolute Gasteiger partial charge is 0.372 e. The third-order valence-corrected chi connectivity index (χ3v) is 3.70. The van der Waals surface area contributed by atoms with E-state index in [1.165, 1.54) is 13.8 Å². The molecule has 0 aliphatic carbocycles. The maximum absolute atomic E-state index is 13.4. The van der Waals surface area contributed by atoms with E-state index in [4.69, 9.17) is 9.47 Å². The second-order valence-corrected chi connectivity index (χ2v) is 5.75. The first-order chi connectivity index (χ1) is 9.98. The van der Waals surface area contributed by atoms with Crippen LogP contribution in [-0.2, 0) is 9.47 Å². The van der Waals surface area contributed by atoms with Crippen LogP contribution in [0.2, 0.25) is 0 Å². The first-order valence-corrected chi connectivity index (χ1v) is 6.47. The molecular formula is C12H15F9O2. The SMILES string of the molecule is CC(CC(F)(F)C(F)(F)C(F)(F)C(F)(F)F)OC1(C)COC1C. The lowest BCUT2D eigenvalue weighted by Gasteiger charge is -2.46. The molecule has 0 aromatic rings. The molecule has 0 aromatic heterocycles. The summed E-state index contributed by atoms with van der Waals surface area (Å²) in [5.74, 6) is -19.1. The van der Waals surface area contributed by atoms with Crippen molar-refractivity contribution < 1.29 is 49.0 Å². The van der Waals surface area contributed by atoms with E-state index in [9.17, 15) is 39.5 Å². The van der Waals surface area contributed by atoms with Crippen LogP contribution >= 0.6 is 0 Å². The van der Waals surface area contributed by atoms with Crippen molar-refractivity contribution in [1.82, 2.24) is 0 Å². The van der Waals surface area contributed by atoms with Gasteiger partial charge in [-0.2, -0.15) is 39.5 Å². The van der Waals surface area contributed by atoms with Crippen LogP contribution in [0.4, 0.5) is 39.5 Å². The van der Waals surface area contributed by atoms with Crippen molar-refractivity contribution in [2.75, 3.05) is 6.61 Å². The van der Waals surface area contributed by atoms with E-state index < -0.39 is 48.2 Å². The Bertz CT molecular complexity index is 435. The van der Waals surface area contributed by atoms with Gasteiger partial charge in [0, 0.05) is 6.42 Å². The van der Waals surface area contributed by atoms with Crippen LogP contribution in [-0.4, -0.2) is 48.4 Å². The van der Waals surface area contributed by atoms with Gasteiger partial charge in [-0.15, -0.1) is 0 Å². The Balaban J connectivity index is 2.88. The Morgan fingerprint density at radius 2 is 1.52 bits per heavy atom. The van der Waals surface area contributed by atoms with Gasteiger partial charge in [-0.3, -0.25) is 0 Å². The topological polar surface area (TPSA) is 18.5 Å². The highest BCUT2D eigenvalue weighted by Crippen LogP contribution is 2.54. The van der Waals surface area contributed by atoms with Gasteiger partial charge in [0.1, 0.15) is 5.60 Å². The largest absolute Gasteiger partial charge is 0.460 e. The van der Waals surface area contributed by atoms with Crippen LogP contribution in [0.3, 0.4) is 0 Å². The van der Waals surface area contributed by atoms with Gasteiger partial charge in [0.25, 0.3) is 0 Å². The van der Waals surface area contributed by atoms with Crippen molar-refractivity contribution in [3.8, 4) is 0 Å². The van der Waals surface area contributed by atoms with Crippen LogP contribution in [0.1, 0.15) is 27.2 Å². The lowest BCUT2D eigenvalue weighted by Crippen LogP contribution is -2.62. The predicted molar refractivity (Wildman–Crippen MR) is 59.9 cm³/mol. The Hall–Kier alpha value is -0.710. The van der Waals surface area contributed by atoms with Gasteiger partial charge in [-0.1, -0.05) is 0 Å². The maximum atomic E-state index is 13.4. The van der Waals surface area contributed by atoms with Gasteiger partial charge in [0.2, 0.25) is 0 Å². The van der Waals surface area contributed by atoms with Crippen LogP contribution in [0, 0.1) is 0 Å². The Labute approximate surface area is 125 Å². The predicted octanol–water partition coefficient (Wildman–Crippen LogP) is 4.43. The standard InChI is InChI=1S/C12H15F9O2/c1-6(23-8(3)5-22-7(8)2)4-9(13,14)10(15,16)11(17,18)12(19,20)21/h6-7H,4-5H2,1-3H3. The molecule has 11 heteroatoms. The molecule has 0 radical (unpaired) electrons. The number of hydrogen-bond donors (Lipinski definition) is 0. The van der Waals surface area contributed by atoms with Gasteiger partial charge in [-0.25, -0.2) is 0 Å². The number of hydrogen-bond acceptors (Lipinski definition) is 2. The number of halogens is 9. The normalized spacial score (nSPS) is 28.4. The van der Waals surface area contributed by atoms with Crippen LogP contribution in [0.5, 0.6) is 0 Å². The summed E-state index contributed by atoms with van der Waals surface area (Å²) in [6, 6.07) is 0. The van der Waals surface area contributed by atoms with E-state index in [-0.39, 0.29) is 6.61 Å². The second-order valence-electron chi connectivity index (χ2n) is 5.75. The lowest BCUT2D eigenvalue weighted by atomic mass is 9.94. The average molecular weight is 362 g/mol. The van der Waals surface area contributed by atoms with E-state index in [1.807, 2.05) is 0 Å². The Kier molecular flexibility index (Phi) is 5.02. The van der Waals surface area contributed by atoms with Crippen LogP contribution < -0.4 is 0 Å². The van der Waals surface area contributed by atoms with Crippen LogP contribution in [0.25, 0.3) is 0 Å². The summed E-state index contributed by atoms with van der Waals surface area (Å²) in [4.78, 5) is 0. The van der Waals surface area contributed by atoms with Gasteiger partial charge in [0.15, 0.2) is 0 Å². The zero-order valence-corrected chi connectivity index (χ0v) is 12.3.